The van der Waals surface area contributed by atoms with Gasteiger partial charge in [0.05, 0.1) is 22.2 Å². The maximum atomic E-state index is 12.6. The van der Waals surface area contributed by atoms with Gasteiger partial charge in [0.2, 0.25) is 5.88 Å². The Labute approximate surface area is 160 Å². The highest BCUT2D eigenvalue weighted by molar-refractivity contribution is 5.94. The number of carbonyl (C=O) groups is 1. The molecule has 1 aliphatic rings. The number of nitro groups is 1. The fraction of sp³-hybridized carbons (Fsp3) is 0.250. The van der Waals surface area contributed by atoms with Gasteiger partial charge < -0.3 is 9.64 Å². The molecule has 0 spiro atoms. The Morgan fingerprint density at radius 2 is 1.86 bits per heavy atom. The lowest BCUT2D eigenvalue weighted by atomic mass is 10.1. The maximum Gasteiger partial charge on any atom is 0.270 e. The van der Waals surface area contributed by atoms with E-state index in [1.165, 1.54) is 18.2 Å². The molecule has 1 fully saturated rings. The lowest BCUT2D eigenvalue weighted by molar-refractivity contribution is -0.384. The number of carbonyl (C=O) groups excluding carboxylic acids is 1. The minimum absolute atomic E-state index is 0.0513. The van der Waals surface area contributed by atoms with Gasteiger partial charge in [0.25, 0.3) is 11.6 Å². The summed E-state index contributed by atoms with van der Waals surface area (Å²) in [5.41, 5.74) is 1.83. The van der Waals surface area contributed by atoms with E-state index in [1.807, 2.05) is 24.3 Å². The van der Waals surface area contributed by atoms with Crippen LogP contribution in [0.15, 0.2) is 54.7 Å². The monoisotopic (exact) mass is 378 g/mol. The van der Waals surface area contributed by atoms with Gasteiger partial charge in [-0.2, -0.15) is 0 Å². The van der Waals surface area contributed by atoms with Gasteiger partial charge in [-0.05, 0) is 18.2 Å². The number of benzene rings is 2. The fourth-order valence-electron chi connectivity index (χ4n) is 3.28. The van der Waals surface area contributed by atoms with E-state index in [1.54, 1.807) is 17.2 Å². The second kappa shape index (κ2) is 7.59. The highest BCUT2D eigenvalue weighted by atomic mass is 16.6. The fourth-order valence-corrected chi connectivity index (χ4v) is 3.28. The Morgan fingerprint density at radius 3 is 2.61 bits per heavy atom. The van der Waals surface area contributed by atoms with Crippen LogP contribution >= 0.6 is 0 Å². The lowest BCUT2D eigenvalue weighted by Gasteiger charge is -2.31. The van der Waals surface area contributed by atoms with Gasteiger partial charge in [-0.25, -0.2) is 9.97 Å². The van der Waals surface area contributed by atoms with Gasteiger partial charge in [-0.1, -0.05) is 18.2 Å². The predicted molar refractivity (Wildman–Crippen MR) is 102 cm³/mol. The molecule has 0 saturated carbocycles. The SMILES string of the molecule is O=C(c1cccc([N+](=O)[O-])c1)N1CCC(Oc2cnc3ccccc3n2)CC1. The van der Waals surface area contributed by atoms with E-state index in [2.05, 4.69) is 9.97 Å². The molecule has 3 aromatic rings. The summed E-state index contributed by atoms with van der Waals surface area (Å²) in [7, 11) is 0. The van der Waals surface area contributed by atoms with E-state index in [-0.39, 0.29) is 17.7 Å². The van der Waals surface area contributed by atoms with E-state index < -0.39 is 4.92 Å². The molecule has 0 radical (unpaired) electrons. The lowest BCUT2D eigenvalue weighted by Crippen LogP contribution is -2.41. The molecule has 28 heavy (non-hydrogen) atoms. The van der Waals surface area contributed by atoms with Crippen molar-refractivity contribution in [2.45, 2.75) is 18.9 Å². The number of non-ortho nitro benzene ring substituents is 1. The van der Waals surface area contributed by atoms with Crippen molar-refractivity contribution >= 4 is 22.6 Å². The minimum Gasteiger partial charge on any atom is -0.473 e. The van der Waals surface area contributed by atoms with Crippen LogP contribution in [0, 0.1) is 10.1 Å². The Bertz CT molecular complexity index is 1030. The summed E-state index contributed by atoms with van der Waals surface area (Å²) >= 11 is 0. The summed E-state index contributed by atoms with van der Waals surface area (Å²) in [5.74, 6) is 0.273. The summed E-state index contributed by atoms with van der Waals surface area (Å²) in [4.78, 5) is 33.5. The van der Waals surface area contributed by atoms with Crippen LogP contribution in [-0.2, 0) is 0 Å². The molecule has 0 bridgehead atoms. The molecule has 1 aromatic heterocycles. The van der Waals surface area contributed by atoms with Gasteiger partial charge in [0.1, 0.15) is 6.10 Å². The van der Waals surface area contributed by atoms with Crippen LogP contribution in [0.1, 0.15) is 23.2 Å². The number of aromatic nitrogens is 2. The number of fused-ring (bicyclic) bond motifs is 1. The van der Waals surface area contributed by atoms with Crippen molar-refractivity contribution in [3.63, 3.8) is 0 Å². The zero-order valence-corrected chi connectivity index (χ0v) is 15.0. The number of nitrogens with zero attached hydrogens (tertiary/aromatic N) is 4. The van der Waals surface area contributed by atoms with Gasteiger partial charge >= 0.3 is 0 Å². The molecule has 8 heteroatoms. The number of likely N-dealkylation sites (tertiary alicyclic amines) is 1. The van der Waals surface area contributed by atoms with Gasteiger partial charge in [-0.15, -0.1) is 0 Å². The van der Waals surface area contributed by atoms with Crippen LogP contribution in [0.3, 0.4) is 0 Å². The first-order chi connectivity index (χ1) is 13.6. The number of para-hydroxylation sites is 2. The first-order valence-corrected chi connectivity index (χ1v) is 9.02. The third kappa shape index (κ3) is 3.75. The molecule has 8 nitrogen and oxygen atoms in total. The number of piperidine rings is 1. The molecule has 1 saturated heterocycles. The summed E-state index contributed by atoms with van der Waals surface area (Å²) in [6.07, 6.45) is 2.89. The van der Waals surface area contributed by atoms with Gasteiger partial charge in [0.15, 0.2) is 0 Å². The van der Waals surface area contributed by atoms with E-state index in [4.69, 9.17) is 4.74 Å². The Balaban J connectivity index is 1.38. The van der Waals surface area contributed by atoms with Crippen LogP contribution < -0.4 is 4.74 Å². The van der Waals surface area contributed by atoms with Crippen molar-refractivity contribution in [1.82, 2.24) is 14.9 Å². The van der Waals surface area contributed by atoms with E-state index in [9.17, 15) is 14.9 Å². The van der Waals surface area contributed by atoms with E-state index in [0.29, 0.717) is 37.4 Å². The number of ether oxygens (including phenoxy) is 1. The summed E-state index contributed by atoms with van der Waals surface area (Å²) in [6, 6.07) is 13.4. The number of hydrogen-bond donors (Lipinski definition) is 0. The molecule has 0 aliphatic carbocycles. The summed E-state index contributed by atoms with van der Waals surface area (Å²) in [6.45, 7) is 1.04. The molecule has 0 unspecified atom stereocenters. The minimum atomic E-state index is -0.499. The quantitative estimate of drug-likeness (QED) is 0.511. The standard InChI is InChI=1S/C20H18N4O4/c25-20(14-4-3-5-15(12-14)24(26)27)23-10-8-16(9-11-23)28-19-13-21-17-6-1-2-7-18(17)22-19/h1-7,12-13,16H,8-11H2. The highest BCUT2D eigenvalue weighted by Crippen LogP contribution is 2.21. The van der Waals surface area contributed by atoms with E-state index in [0.717, 1.165) is 11.0 Å². The summed E-state index contributed by atoms with van der Waals surface area (Å²) < 4.78 is 5.95. The molecule has 2 heterocycles. The Kier molecular flexibility index (Phi) is 4.84. The van der Waals surface area contributed by atoms with Crippen molar-refractivity contribution in [2.75, 3.05) is 13.1 Å². The third-order valence-electron chi connectivity index (χ3n) is 4.75. The Morgan fingerprint density at radius 1 is 1.11 bits per heavy atom. The van der Waals surface area contributed by atoms with Crippen molar-refractivity contribution in [2.24, 2.45) is 0 Å². The zero-order chi connectivity index (χ0) is 19.5. The number of hydrogen-bond acceptors (Lipinski definition) is 6. The van der Waals surface area contributed by atoms with Crippen molar-refractivity contribution in [1.29, 1.82) is 0 Å². The molecular formula is C20H18N4O4. The number of rotatable bonds is 4. The van der Waals surface area contributed by atoms with Crippen LogP contribution in [0.5, 0.6) is 5.88 Å². The molecule has 1 aliphatic heterocycles. The largest absolute Gasteiger partial charge is 0.473 e. The molecular weight excluding hydrogens is 360 g/mol. The maximum absolute atomic E-state index is 12.6. The second-order valence-electron chi connectivity index (χ2n) is 6.61. The predicted octanol–water partition coefficient (Wildman–Crippen LogP) is 3.22. The van der Waals surface area contributed by atoms with Crippen molar-refractivity contribution in [3.8, 4) is 5.88 Å². The smallest absolute Gasteiger partial charge is 0.270 e. The average Bonchev–Trinajstić information content (AvgIpc) is 2.74. The molecule has 2 aromatic carbocycles. The number of amides is 1. The highest BCUT2D eigenvalue weighted by Gasteiger charge is 2.26. The number of nitro benzene ring substituents is 1. The van der Waals surface area contributed by atoms with Crippen LogP contribution in [0.4, 0.5) is 5.69 Å². The van der Waals surface area contributed by atoms with Gasteiger partial charge in [0, 0.05) is 43.6 Å². The van der Waals surface area contributed by atoms with Crippen LogP contribution in [-0.4, -0.2) is 44.9 Å². The van der Waals surface area contributed by atoms with Crippen molar-refractivity contribution in [3.05, 3.63) is 70.4 Å². The topological polar surface area (TPSA) is 98.5 Å². The first-order valence-electron chi connectivity index (χ1n) is 9.02. The Hall–Kier alpha value is -3.55. The zero-order valence-electron chi connectivity index (χ0n) is 15.0. The van der Waals surface area contributed by atoms with E-state index >= 15 is 0 Å². The normalized spacial score (nSPS) is 14.8. The molecule has 4 rings (SSSR count). The summed E-state index contributed by atoms with van der Waals surface area (Å²) in [5, 5.41) is 10.9. The van der Waals surface area contributed by atoms with Crippen LogP contribution in [0.2, 0.25) is 0 Å². The second-order valence-corrected chi connectivity index (χ2v) is 6.61. The third-order valence-corrected chi connectivity index (χ3v) is 4.75. The molecule has 0 atom stereocenters. The molecule has 142 valence electrons. The molecule has 0 N–H and O–H groups in total. The first kappa shape index (κ1) is 17.8. The average molecular weight is 378 g/mol. The van der Waals surface area contributed by atoms with Crippen LogP contribution in [0.25, 0.3) is 11.0 Å². The molecule has 1 amide bonds. The van der Waals surface area contributed by atoms with Gasteiger partial charge in [-0.3, -0.25) is 14.9 Å². The van der Waals surface area contributed by atoms with Crippen molar-refractivity contribution < 1.29 is 14.5 Å².